The fourth-order valence-corrected chi connectivity index (χ4v) is 3.13. The smallest absolute Gasteiger partial charge is 0.139 e. The van der Waals surface area contributed by atoms with E-state index in [4.69, 9.17) is 9.73 Å². The van der Waals surface area contributed by atoms with E-state index < -0.39 is 0 Å². The highest BCUT2D eigenvalue weighted by Crippen LogP contribution is 2.13. The van der Waals surface area contributed by atoms with Gasteiger partial charge in [0.1, 0.15) is 17.3 Å². The van der Waals surface area contributed by atoms with Gasteiger partial charge in [-0.05, 0) is 31.9 Å². The molecule has 0 spiro atoms. The number of methoxy groups -OCH3 is 1. The Bertz CT molecular complexity index is 887. The molecule has 0 bridgehead atoms. The Morgan fingerprint density at radius 2 is 2.20 bits per heavy atom. The van der Waals surface area contributed by atoms with Crippen LogP contribution in [0.4, 0.5) is 4.39 Å². The molecule has 0 aliphatic heterocycles. The number of unbranched alkanes of at least 4 members (excludes halogenated alkanes) is 1. The zero-order valence-corrected chi connectivity index (χ0v) is 18.5. The molecule has 2 heterocycles. The lowest BCUT2D eigenvalue weighted by atomic mass is 10.1. The molecule has 6 nitrogen and oxygen atoms in total. The van der Waals surface area contributed by atoms with Crippen molar-refractivity contribution in [3.63, 3.8) is 0 Å². The van der Waals surface area contributed by atoms with E-state index in [0.717, 1.165) is 48.6 Å². The van der Waals surface area contributed by atoms with Crippen molar-refractivity contribution in [2.75, 3.05) is 20.3 Å². The first kappa shape index (κ1) is 23.6. The van der Waals surface area contributed by atoms with E-state index in [9.17, 15) is 4.39 Å². The summed E-state index contributed by atoms with van der Waals surface area (Å²) >= 11 is 0. The first-order valence-corrected chi connectivity index (χ1v) is 10.6. The Balaban J connectivity index is 2.31. The van der Waals surface area contributed by atoms with Gasteiger partial charge >= 0.3 is 0 Å². The molecule has 1 atom stereocenters. The molecule has 0 aliphatic carbocycles. The molecule has 7 heteroatoms. The van der Waals surface area contributed by atoms with Crippen LogP contribution in [0, 0.1) is 5.82 Å². The summed E-state index contributed by atoms with van der Waals surface area (Å²) in [6.07, 6.45) is 9.41. The van der Waals surface area contributed by atoms with Gasteiger partial charge in [0.25, 0.3) is 0 Å². The van der Waals surface area contributed by atoms with E-state index in [-0.39, 0.29) is 5.82 Å². The van der Waals surface area contributed by atoms with Gasteiger partial charge in [-0.15, -0.1) is 0 Å². The summed E-state index contributed by atoms with van der Waals surface area (Å²) in [7, 11) is 1.67. The van der Waals surface area contributed by atoms with Crippen molar-refractivity contribution < 1.29 is 9.13 Å². The number of nitrogens with one attached hydrogen (secondary N) is 2. The number of allylic oxidation sites excluding steroid dienone is 1. The van der Waals surface area contributed by atoms with Crippen LogP contribution in [0.25, 0.3) is 5.65 Å². The minimum absolute atomic E-state index is 0.315. The highest BCUT2D eigenvalue weighted by atomic mass is 19.1. The summed E-state index contributed by atoms with van der Waals surface area (Å²) in [4.78, 5) is 9.16. The zero-order chi connectivity index (χ0) is 21.9. The molecule has 0 saturated carbocycles. The van der Waals surface area contributed by atoms with Crippen molar-refractivity contribution in [1.82, 2.24) is 20.0 Å². The molecular formula is C23H34FN5O. The van der Waals surface area contributed by atoms with E-state index in [1.807, 2.05) is 13.0 Å². The molecule has 0 aromatic carbocycles. The molecule has 30 heavy (non-hydrogen) atoms. The van der Waals surface area contributed by atoms with E-state index in [1.54, 1.807) is 23.8 Å². The molecule has 2 aromatic rings. The number of ether oxygens (including phenoxy) is 1. The van der Waals surface area contributed by atoms with Crippen LogP contribution >= 0.6 is 0 Å². The SMILES string of the molecule is C=C(/C=C(\N=C(/C)c1cnc2ccc(F)cn12)NC(CC)CCCC)NCCOC. The van der Waals surface area contributed by atoms with Crippen molar-refractivity contribution in [3.05, 3.63) is 60.2 Å². The lowest BCUT2D eigenvalue weighted by molar-refractivity contribution is 0.202. The van der Waals surface area contributed by atoms with Crippen LogP contribution in [0.3, 0.4) is 0 Å². The molecule has 0 fully saturated rings. The second kappa shape index (κ2) is 12.1. The van der Waals surface area contributed by atoms with Crippen LogP contribution in [0.5, 0.6) is 0 Å². The zero-order valence-electron chi connectivity index (χ0n) is 18.5. The average molecular weight is 416 g/mol. The average Bonchev–Trinajstić information content (AvgIpc) is 3.14. The Morgan fingerprint density at radius 1 is 1.40 bits per heavy atom. The molecule has 0 amide bonds. The lowest BCUT2D eigenvalue weighted by Gasteiger charge is -2.19. The van der Waals surface area contributed by atoms with Crippen LogP contribution in [0.2, 0.25) is 0 Å². The standard InChI is InChI=1S/C23H34FN5O/c1-6-8-9-20(7-2)28-22(14-17(3)25-12-13-30-5)27-18(4)21-15-26-23-11-10-19(24)16-29(21)23/h10-11,14-16,20,25,28H,3,6-9,12-13H2,1-2,4-5H3/b22-14+,27-18+. The van der Waals surface area contributed by atoms with Crippen LogP contribution in [0.1, 0.15) is 52.1 Å². The predicted molar refractivity (Wildman–Crippen MR) is 121 cm³/mol. The van der Waals surface area contributed by atoms with Gasteiger partial charge in [0, 0.05) is 37.7 Å². The summed E-state index contributed by atoms with van der Waals surface area (Å²) < 4.78 is 20.5. The molecule has 2 N–H and O–H groups in total. The predicted octanol–water partition coefficient (Wildman–Crippen LogP) is 4.43. The maximum Gasteiger partial charge on any atom is 0.139 e. The van der Waals surface area contributed by atoms with E-state index in [1.165, 1.54) is 12.3 Å². The Hall–Kier alpha value is -2.67. The third kappa shape index (κ3) is 6.99. The quantitative estimate of drug-likeness (QED) is 0.289. The molecule has 0 saturated heterocycles. The molecule has 1 unspecified atom stereocenters. The molecule has 2 aromatic heterocycles. The fourth-order valence-electron chi connectivity index (χ4n) is 3.13. The normalized spacial score (nSPS) is 13.5. The highest BCUT2D eigenvalue weighted by Gasteiger charge is 2.11. The molecule has 0 radical (unpaired) electrons. The summed E-state index contributed by atoms with van der Waals surface area (Å²) in [5.74, 6) is 0.404. The van der Waals surface area contributed by atoms with Crippen molar-refractivity contribution in [1.29, 1.82) is 0 Å². The van der Waals surface area contributed by atoms with Gasteiger partial charge in [-0.2, -0.15) is 0 Å². The summed E-state index contributed by atoms with van der Waals surface area (Å²) in [6, 6.07) is 3.38. The maximum atomic E-state index is 13.7. The van der Waals surface area contributed by atoms with Crippen LogP contribution in [-0.2, 0) is 4.74 Å². The Morgan fingerprint density at radius 3 is 2.90 bits per heavy atom. The van der Waals surface area contributed by atoms with Gasteiger partial charge in [-0.1, -0.05) is 33.3 Å². The molecular weight excluding hydrogens is 381 g/mol. The van der Waals surface area contributed by atoms with Crippen LogP contribution in [-0.4, -0.2) is 41.4 Å². The monoisotopic (exact) mass is 415 g/mol. The number of imidazole rings is 1. The Kier molecular flexibility index (Phi) is 9.54. The van der Waals surface area contributed by atoms with Gasteiger partial charge in [0.05, 0.1) is 24.2 Å². The number of nitrogens with zero attached hydrogens (tertiary/aromatic N) is 3. The van der Waals surface area contributed by atoms with Gasteiger partial charge in [-0.3, -0.25) is 4.40 Å². The first-order valence-electron chi connectivity index (χ1n) is 10.6. The first-order chi connectivity index (χ1) is 14.5. The fraction of sp³-hybridized carbons (Fsp3) is 0.478. The van der Waals surface area contributed by atoms with Crippen molar-refractivity contribution >= 4 is 11.4 Å². The molecule has 2 rings (SSSR count). The largest absolute Gasteiger partial charge is 0.383 e. The van der Waals surface area contributed by atoms with Gasteiger partial charge < -0.3 is 15.4 Å². The number of hydrogen-bond acceptors (Lipinski definition) is 5. The number of fused-ring (bicyclic) bond motifs is 1. The number of hydrogen-bond donors (Lipinski definition) is 2. The Labute approximate surface area is 179 Å². The summed E-state index contributed by atoms with van der Waals surface area (Å²) in [6.45, 7) is 11.6. The number of halogens is 1. The van der Waals surface area contributed by atoms with Crippen LogP contribution < -0.4 is 10.6 Å². The number of aliphatic imine (C=N–C) groups is 1. The molecule has 0 aliphatic rings. The highest BCUT2D eigenvalue weighted by molar-refractivity contribution is 5.98. The second-order valence-corrected chi connectivity index (χ2v) is 7.28. The topological polar surface area (TPSA) is 63.0 Å². The second-order valence-electron chi connectivity index (χ2n) is 7.28. The third-order valence-corrected chi connectivity index (χ3v) is 4.85. The summed E-state index contributed by atoms with van der Waals surface area (Å²) in [5, 5.41) is 6.77. The minimum Gasteiger partial charge on any atom is -0.383 e. The van der Waals surface area contributed by atoms with Gasteiger partial charge in [-0.25, -0.2) is 14.4 Å². The molecule has 164 valence electrons. The van der Waals surface area contributed by atoms with Gasteiger partial charge in [0.15, 0.2) is 0 Å². The lowest BCUT2D eigenvalue weighted by Crippen LogP contribution is -2.28. The van der Waals surface area contributed by atoms with Crippen molar-refractivity contribution in [2.24, 2.45) is 4.99 Å². The number of rotatable bonds is 13. The van der Waals surface area contributed by atoms with Crippen LogP contribution in [0.15, 0.2) is 53.7 Å². The minimum atomic E-state index is -0.315. The van der Waals surface area contributed by atoms with E-state index in [0.29, 0.717) is 24.8 Å². The maximum absolute atomic E-state index is 13.7. The number of pyridine rings is 1. The van der Waals surface area contributed by atoms with Gasteiger partial charge in [0.2, 0.25) is 0 Å². The van der Waals surface area contributed by atoms with E-state index in [2.05, 4.69) is 36.0 Å². The number of aromatic nitrogens is 2. The third-order valence-electron chi connectivity index (χ3n) is 4.85. The van der Waals surface area contributed by atoms with Crippen molar-refractivity contribution in [2.45, 2.75) is 52.5 Å². The van der Waals surface area contributed by atoms with Crippen molar-refractivity contribution in [3.8, 4) is 0 Å². The summed E-state index contributed by atoms with van der Waals surface area (Å²) in [5.41, 5.74) is 2.92. The van der Waals surface area contributed by atoms with E-state index >= 15 is 0 Å².